The minimum Gasteiger partial charge on any atom is -0.481 e. The molecule has 2 aliphatic carbocycles. The summed E-state index contributed by atoms with van der Waals surface area (Å²) in [6.07, 6.45) is 4.34. The van der Waals surface area contributed by atoms with Crippen LogP contribution in [0.1, 0.15) is 50.5 Å². The SMILES string of the molecule is O=C(O)CCC(=O)N(OC(=O)N1c2cc(Cl)ccc2C[C@H]2CCC[C@H]21)C1CC1. The molecule has 0 radical (unpaired) electrons. The second-order valence-corrected chi connectivity index (χ2v) is 8.24. The summed E-state index contributed by atoms with van der Waals surface area (Å²) >= 11 is 6.18. The molecule has 2 fully saturated rings. The Morgan fingerprint density at radius 3 is 2.68 bits per heavy atom. The van der Waals surface area contributed by atoms with Crippen LogP contribution >= 0.6 is 11.6 Å². The Bertz CT molecular complexity index is 810. The van der Waals surface area contributed by atoms with Crippen LogP contribution in [0, 0.1) is 5.92 Å². The first-order valence-corrected chi connectivity index (χ1v) is 10.2. The maximum atomic E-state index is 13.2. The molecule has 8 heteroatoms. The lowest BCUT2D eigenvalue weighted by molar-refractivity contribution is -0.169. The van der Waals surface area contributed by atoms with Crippen LogP contribution < -0.4 is 4.90 Å². The number of benzene rings is 1. The first kappa shape index (κ1) is 19.1. The van der Waals surface area contributed by atoms with Gasteiger partial charge in [0.15, 0.2) is 0 Å². The maximum Gasteiger partial charge on any atom is 0.439 e. The van der Waals surface area contributed by atoms with Crippen LogP contribution in [0.3, 0.4) is 0 Å². The van der Waals surface area contributed by atoms with Gasteiger partial charge in [0.1, 0.15) is 0 Å². The monoisotopic (exact) mass is 406 g/mol. The first-order chi connectivity index (χ1) is 13.4. The molecule has 1 N–H and O–H groups in total. The smallest absolute Gasteiger partial charge is 0.439 e. The molecule has 0 aromatic heterocycles. The predicted octanol–water partition coefficient (Wildman–Crippen LogP) is 3.78. The number of carbonyl (C=O) groups excluding carboxylic acids is 2. The molecule has 4 rings (SSSR count). The lowest BCUT2D eigenvalue weighted by atomic mass is 9.88. The number of hydrogen-bond donors (Lipinski definition) is 1. The molecule has 7 nitrogen and oxygen atoms in total. The zero-order chi connectivity index (χ0) is 19.8. The van der Waals surface area contributed by atoms with Crippen LogP contribution in [0.4, 0.5) is 10.5 Å². The summed E-state index contributed by atoms with van der Waals surface area (Å²) < 4.78 is 0. The van der Waals surface area contributed by atoms with E-state index < -0.39 is 18.0 Å². The van der Waals surface area contributed by atoms with E-state index in [0.29, 0.717) is 10.9 Å². The number of hydroxylamine groups is 2. The van der Waals surface area contributed by atoms with Crippen molar-refractivity contribution in [3.8, 4) is 0 Å². The largest absolute Gasteiger partial charge is 0.481 e. The average molecular weight is 407 g/mol. The van der Waals surface area contributed by atoms with Crippen LogP contribution in [-0.4, -0.2) is 40.2 Å². The molecule has 1 heterocycles. The number of carbonyl (C=O) groups is 3. The van der Waals surface area contributed by atoms with Crippen molar-refractivity contribution in [2.24, 2.45) is 5.92 Å². The van der Waals surface area contributed by atoms with Gasteiger partial charge in [-0.2, -0.15) is 5.06 Å². The molecule has 1 aromatic rings. The Hall–Kier alpha value is -2.28. The normalized spacial score (nSPS) is 23.0. The Morgan fingerprint density at radius 2 is 1.96 bits per heavy atom. The van der Waals surface area contributed by atoms with Crippen molar-refractivity contribution in [2.75, 3.05) is 4.90 Å². The third-order valence-corrected chi connectivity index (χ3v) is 6.02. The fourth-order valence-corrected chi connectivity index (χ4v) is 4.48. The summed E-state index contributed by atoms with van der Waals surface area (Å²) in [5, 5.41) is 10.5. The highest BCUT2D eigenvalue weighted by Gasteiger charge is 2.44. The summed E-state index contributed by atoms with van der Waals surface area (Å²) in [6, 6.07) is 5.43. The van der Waals surface area contributed by atoms with Gasteiger partial charge in [-0.1, -0.05) is 24.1 Å². The van der Waals surface area contributed by atoms with E-state index in [-0.39, 0.29) is 24.9 Å². The lowest BCUT2D eigenvalue weighted by Crippen LogP contribution is -2.49. The fourth-order valence-electron chi connectivity index (χ4n) is 4.31. The zero-order valence-electron chi connectivity index (χ0n) is 15.5. The van der Waals surface area contributed by atoms with E-state index in [1.807, 2.05) is 12.1 Å². The zero-order valence-corrected chi connectivity index (χ0v) is 16.2. The van der Waals surface area contributed by atoms with Crippen molar-refractivity contribution in [1.29, 1.82) is 0 Å². The van der Waals surface area contributed by atoms with Crippen LogP contribution in [0.2, 0.25) is 5.02 Å². The summed E-state index contributed by atoms with van der Waals surface area (Å²) in [6.45, 7) is 0. The Morgan fingerprint density at radius 1 is 1.18 bits per heavy atom. The van der Waals surface area contributed by atoms with Crippen LogP contribution in [0.5, 0.6) is 0 Å². The number of rotatable bonds is 4. The molecule has 1 aliphatic heterocycles. The highest BCUT2D eigenvalue weighted by molar-refractivity contribution is 6.31. The number of amides is 2. The summed E-state index contributed by atoms with van der Waals surface area (Å²) in [7, 11) is 0. The topological polar surface area (TPSA) is 87.1 Å². The molecule has 0 unspecified atom stereocenters. The van der Waals surface area contributed by atoms with Crippen molar-refractivity contribution in [1.82, 2.24) is 5.06 Å². The van der Waals surface area contributed by atoms with Crippen LogP contribution in [-0.2, 0) is 20.8 Å². The highest BCUT2D eigenvalue weighted by atomic mass is 35.5. The molecule has 3 aliphatic rings. The Kier molecular flexibility index (Phi) is 5.19. The summed E-state index contributed by atoms with van der Waals surface area (Å²) in [5.41, 5.74) is 1.80. The second-order valence-electron chi connectivity index (χ2n) is 7.81. The predicted molar refractivity (Wildman–Crippen MR) is 102 cm³/mol. The van der Waals surface area contributed by atoms with Gasteiger partial charge < -0.3 is 9.94 Å². The quantitative estimate of drug-likeness (QED) is 0.769. The number of aliphatic carboxylic acids is 1. The van der Waals surface area contributed by atoms with Gasteiger partial charge >= 0.3 is 12.1 Å². The van der Waals surface area contributed by atoms with E-state index >= 15 is 0 Å². The van der Waals surface area contributed by atoms with Crippen LogP contribution in [0.15, 0.2) is 18.2 Å². The third kappa shape index (κ3) is 3.81. The van der Waals surface area contributed by atoms with Crippen molar-refractivity contribution >= 4 is 35.3 Å². The number of nitrogens with zero attached hydrogens (tertiary/aromatic N) is 2. The van der Waals surface area contributed by atoms with Crippen molar-refractivity contribution < 1.29 is 24.3 Å². The van der Waals surface area contributed by atoms with E-state index in [9.17, 15) is 14.4 Å². The van der Waals surface area contributed by atoms with Crippen molar-refractivity contribution in [2.45, 2.75) is 63.5 Å². The van der Waals surface area contributed by atoms with Gasteiger partial charge in [0.05, 0.1) is 18.2 Å². The summed E-state index contributed by atoms with van der Waals surface area (Å²) in [5.74, 6) is -1.15. The minimum absolute atomic E-state index is 0.0358. The molecule has 1 aromatic carbocycles. The molecule has 0 spiro atoms. The van der Waals surface area contributed by atoms with Gasteiger partial charge in [-0.05, 0) is 55.7 Å². The number of carboxylic acids is 1. The Labute approximate surface area is 168 Å². The van der Waals surface area contributed by atoms with Crippen molar-refractivity contribution in [3.05, 3.63) is 28.8 Å². The first-order valence-electron chi connectivity index (χ1n) is 9.77. The highest BCUT2D eigenvalue weighted by Crippen LogP contribution is 2.43. The fraction of sp³-hybridized carbons (Fsp3) is 0.550. The van der Waals surface area contributed by atoms with Gasteiger partial charge in [-0.3, -0.25) is 14.5 Å². The Balaban J connectivity index is 1.56. The van der Waals surface area contributed by atoms with E-state index in [1.54, 1.807) is 11.0 Å². The molecule has 2 atom stereocenters. The number of anilines is 1. The van der Waals surface area contributed by atoms with Gasteiger partial charge in [0, 0.05) is 17.5 Å². The van der Waals surface area contributed by atoms with Crippen molar-refractivity contribution in [3.63, 3.8) is 0 Å². The number of halogens is 1. The van der Waals surface area contributed by atoms with E-state index in [0.717, 1.165) is 54.8 Å². The molecule has 28 heavy (non-hydrogen) atoms. The molecular weight excluding hydrogens is 384 g/mol. The molecule has 0 saturated heterocycles. The number of hydrogen-bond acceptors (Lipinski definition) is 4. The number of carboxylic acid groups (broad SMARTS) is 1. The van der Waals surface area contributed by atoms with E-state index in [2.05, 4.69) is 0 Å². The minimum atomic E-state index is -1.05. The van der Waals surface area contributed by atoms with Crippen LogP contribution in [0.25, 0.3) is 0 Å². The van der Waals surface area contributed by atoms with Gasteiger partial charge in [-0.15, -0.1) is 0 Å². The van der Waals surface area contributed by atoms with E-state index in [4.69, 9.17) is 21.5 Å². The standard InChI is InChI=1S/C20H23ClN2O5/c21-14-5-4-13-10-12-2-1-3-16(12)22(17(13)11-14)20(27)28-23(15-6-7-15)18(24)8-9-19(25)26/h4-5,11-12,15-16H,1-3,6-10H2,(H,25,26)/t12-,16-/m1/s1. The third-order valence-electron chi connectivity index (χ3n) is 5.79. The molecule has 2 saturated carbocycles. The second kappa shape index (κ2) is 7.62. The number of fused-ring (bicyclic) bond motifs is 2. The van der Waals surface area contributed by atoms with Gasteiger partial charge in [0.2, 0.25) is 0 Å². The lowest BCUT2D eigenvalue weighted by Gasteiger charge is -2.39. The van der Waals surface area contributed by atoms with E-state index in [1.165, 1.54) is 0 Å². The maximum absolute atomic E-state index is 13.2. The average Bonchev–Trinajstić information content (AvgIpc) is 3.39. The van der Waals surface area contributed by atoms with Gasteiger partial charge in [0.25, 0.3) is 5.91 Å². The van der Waals surface area contributed by atoms with Gasteiger partial charge in [-0.25, -0.2) is 4.79 Å². The molecule has 0 bridgehead atoms. The molecule has 2 amide bonds. The molecule has 150 valence electrons. The molecular formula is C20H23ClN2O5. The summed E-state index contributed by atoms with van der Waals surface area (Å²) in [4.78, 5) is 43.5.